The Bertz CT molecular complexity index is 556. The fourth-order valence-electron chi connectivity index (χ4n) is 3.54. The smallest absolute Gasteiger partial charge is 0.237 e. The van der Waals surface area contributed by atoms with E-state index in [0.29, 0.717) is 12.5 Å². The lowest BCUT2D eigenvalue weighted by atomic mass is 9.92. The molecule has 0 saturated carbocycles. The Labute approximate surface area is 176 Å². The van der Waals surface area contributed by atoms with E-state index in [1.807, 2.05) is 0 Å². The zero-order valence-corrected chi connectivity index (χ0v) is 18.0. The number of hydrogen-bond donors (Lipinski definition) is 2. The van der Waals surface area contributed by atoms with Crippen molar-refractivity contribution < 1.29 is 9.53 Å². The summed E-state index contributed by atoms with van der Waals surface area (Å²) in [5, 5.41) is 3.06. The summed E-state index contributed by atoms with van der Waals surface area (Å²) in [5.41, 5.74) is 7.37. The molecule has 5 nitrogen and oxygen atoms in total. The highest BCUT2D eigenvalue weighted by Gasteiger charge is 2.28. The number of anilines is 1. The standard InChI is InChI=1S/C18H26BrN3O2.2ClH/c19-15-1-3-16(4-2-15)22-8-5-13(12-22)11-21-18(23)17(20)14-6-9-24-10-7-14;;/h1-4,13-14,17H,5-12,20H2,(H,21,23);2*1H. The second-order valence-electron chi connectivity index (χ2n) is 6.80. The van der Waals surface area contributed by atoms with E-state index in [9.17, 15) is 4.79 Å². The van der Waals surface area contributed by atoms with Crippen molar-refractivity contribution in [2.24, 2.45) is 17.6 Å². The van der Waals surface area contributed by atoms with Crippen LogP contribution in [0.25, 0.3) is 0 Å². The molecule has 2 fully saturated rings. The summed E-state index contributed by atoms with van der Waals surface area (Å²) >= 11 is 3.47. The van der Waals surface area contributed by atoms with Crippen LogP contribution in [-0.2, 0) is 9.53 Å². The van der Waals surface area contributed by atoms with Crippen molar-refractivity contribution in [3.05, 3.63) is 28.7 Å². The monoisotopic (exact) mass is 467 g/mol. The maximum Gasteiger partial charge on any atom is 0.237 e. The number of benzene rings is 1. The molecule has 3 rings (SSSR count). The highest BCUT2D eigenvalue weighted by atomic mass is 79.9. The molecule has 2 aliphatic heterocycles. The molecule has 2 atom stereocenters. The topological polar surface area (TPSA) is 67.6 Å². The minimum absolute atomic E-state index is 0. The summed E-state index contributed by atoms with van der Waals surface area (Å²) in [7, 11) is 0. The predicted molar refractivity (Wildman–Crippen MR) is 113 cm³/mol. The molecule has 2 unspecified atom stereocenters. The molecule has 0 radical (unpaired) electrons. The third-order valence-corrected chi connectivity index (χ3v) is 5.65. The average molecular weight is 469 g/mol. The molecule has 2 saturated heterocycles. The van der Waals surface area contributed by atoms with Gasteiger partial charge in [0, 0.05) is 43.0 Å². The minimum Gasteiger partial charge on any atom is -0.381 e. The molecular formula is C18H28BrCl2N3O2. The van der Waals surface area contributed by atoms with E-state index < -0.39 is 6.04 Å². The van der Waals surface area contributed by atoms with Crippen LogP contribution in [0.3, 0.4) is 0 Å². The van der Waals surface area contributed by atoms with Gasteiger partial charge in [0.1, 0.15) is 0 Å². The Morgan fingerprint density at radius 1 is 1.23 bits per heavy atom. The van der Waals surface area contributed by atoms with Gasteiger partial charge in [0.25, 0.3) is 0 Å². The van der Waals surface area contributed by atoms with Gasteiger partial charge in [-0.05, 0) is 55.4 Å². The van der Waals surface area contributed by atoms with Crippen LogP contribution in [0.15, 0.2) is 28.7 Å². The van der Waals surface area contributed by atoms with Gasteiger partial charge in [-0.3, -0.25) is 4.79 Å². The maximum atomic E-state index is 12.3. The molecule has 1 amide bonds. The summed E-state index contributed by atoms with van der Waals surface area (Å²) in [6, 6.07) is 7.99. The van der Waals surface area contributed by atoms with Crippen LogP contribution in [0.2, 0.25) is 0 Å². The number of carbonyl (C=O) groups is 1. The first-order valence-electron chi connectivity index (χ1n) is 8.75. The van der Waals surface area contributed by atoms with Crippen molar-refractivity contribution in [1.82, 2.24) is 5.32 Å². The molecule has 0 bridgehead atoms. The largest absolute Gasteiger partial charge is 0.381 e. The molecule has 2 heterocycles. The van der Waals surface area contributed by atoms with E-state index in [4.69, 9.17) is 10.5 Å². The van der Waals surface area contributed by atoms with Gasteiger partial charge in [-0.15, -0.1) is 24.8 Å². The maximum absolute atomic E-state index is 12.3. The third-order valence-electron chi connectivity index (χ3n) is 5.12. The number of nitrogens with zero attached hydrogens (tertiary/aromatic N) is 1. The fraction of sp³-hybridized carbons (Fsp3) is 0.611. The molecule has 0 aliphatic carbocycles. The Kier molecular flexibility index (Phi) is 10.3. The third kappa shape index (κ3) is 6.27. The summed E-state index contributed by atoms with van der Waals surface area (Å²) in [5.74, 6) is 0.727. The predicted octanol–water partition coefficient (Wildman–Crippen LogP) is 2.99. The van der Waals surface area contributed by atoms with Gasteiger partial charge < -0.3 is 20.7 Å². The SMILES string of the molecule is Cl.Cl.NC(C(=O)NCC1CCN(c2ccc(Br)cc2)C1)C1CCOCC1. The molecule has 148 valence electrons. The second-order valence-corrected chi connectivity index (χ2v) is 7.71. The van der Waals surface area contributed by atoms with E-state index in [2.05, 4.69) is 50.4 Å². The fourth-order valence-corrected chi connectivity index (χ4v) is 3.80. The van der Waals surface area contributed by atoms with Crippen LogP contribution in [0.4, 0.5) is 5.69 Å². The summed E-state index contributed by atoms with van der Waals surface area (Å²) in [6.07, 6.45) is 2.87. The van der Waals surface area contributed by atoms with Crippen LogP contribution >= 0.6 is 40.7 Å². The highest BCUT2D eigenvalue weighted by molar-refractivity contribution is 9.10. The van der Waals surface area contributed by atoms with E-state index in [1.165, 1.54) is 5.69 Å². The lowest BCUT2D eigenvalue weighted by Gasteiger charge is -2.27. The Morgan fingerprint density at radius 2 is 1.88 bits per heavy atom. The molecule has 26 heavy (non-hydrogen) atoms. The van der Waals surface area contributed by atoms with Crippen molar-refractivity contribution in [1.29, 1.82) is 0 Å². The number of ether oxygens (including phenoxy) is 1. The zero-order valence-electron chi connectivity index (χ0n) is 14.7. The van der Waals surface area contributed by atoms with E-state index >= 15 is 0 Å². The number of carbonyl (C=O) groups excluding carboxylic acids is 1. The number of amides is 1. The van der Waals surface area contributed by atoms with Crippen molar-refractivity contribution in [2.45, 2.75) is 25.3 Å². The Balaban J connectivity index is 0.00000169. The van der Waals surface area contributed by atoms with E-state index in [-0.39, 0.29) is 36.6 Å². The summed E-state index contributed by atoms with van der Waals surface area (Å²) in [6.45, 7) is 4.16. The number of hydrogen-bond acceptors (Lipinski definition) is 4. The number of nitrogens with one attached hydrogen (secondary N) is 1. The van der Waals surface area contributed by atoms with E-state index in [1.54, 1.807) is 0 Å². The molecule has 1 aromatic carbocycles. The number of nitrogens with two attached hydrogens (primary N) is 1. The van der Waals surface area contributed by atoms with Crippen LogP contribution in [-0.4, -0.2) is 44.8 Å². The lowest BCUT2D eigenvalue weighted by Crippen LogP contribution is -2.48. The first kappa shape index (κ1) is 23.5. The van der Waals surface area contributed by atoms with Crippen LogP contribution in [0.1, 0.15) is 19.3 Å². The van der Waals surface area contributed by atoms with Gasteiger partial charge in [0.05, 0.1) is 6.04 Å². The van der Waals surface area contributed by atoms with Gasteiger partial charge in [-0.25, -0.2) is 0 Å². The van der Waals surface area contributed by atoms with Gasteiger partial charge in [-0.2, -0.15) is 0 Å². The van der Waals surface area contributed by atoms with Gasteiger partial charge in [0.15, 0.2) is 0 Å². The van der Waals surface area contributed by atoms with Gasteiger partial charge >= 0.3 is 0 Å². The van der Waals surface area contributed by atoms with Crippen molar-refractivity contribution in [3.63, 3.8) is 0 Å². The van der Waals surface area contributed by atoms with Gasteiger partial charge in [-0.1, -0.05) is 15.9 Å². The van der Waals surface area contributed by atoms with Crippen molar-refractivity contribution in [3.8, 4) is 0 Å². The van der Waals surface area contributed by atoms with Crippen LogP contribution in [0, 0.1) is 11.8 Å². The Morgan fingerprint density at radius 3 is 2.54 bits per heavy atom. The molecular weight excluding hydrogens is 441 g/mol. The Hall–Kier alpha value is -0.530. The minimum atomic E-state index is -0.405. The van der Waals surface area contributed by atoms with Gasteiger partial charge in [0.2, 0.25) is 5.91 Å². The molecule has 2 aliphatic rings. The van der Waals surface area contributed by atoms with Crippen LogP contribution < -0.4 is 16.0 Å². The molecule has 0 spiro atoms. The summed E-state index contributed by atoms with van der Waals surface area (Å²) < 4.78 is 6.43. The van der Waals surface area contributed by atoms with Crippen molar-refractivity contribution in [2.75, 3.05) is 37.7 Å². The summed E-state index contributed by atoms with van der Waals surface area (Å²) in [4.78, 5) is 14.7. The van der Waals surface area contributed by atoms with E-state index in [0.717, 1.165) is 50.0 Å². The average Bonchev–Trinajstić information content (AvgIpc) is 3.09. The normalized spacial score (nSPS) is 21.5. The van der Waals surface area contributed by atoms with Crippen molar-refractivity contribution >= 4 is 52.3 Å². The highest BCUT2D eigenvalue weighted by Crippen LogP contribution is 2.25. The number of rotatable bonds is 5. The molecule has 3 N–H and O–H groups in total. The molecule has 1 aromatic rings. The molecule has 8 heteroatoms. The number of halogens is 3. The van der Waals surface area contributed by atoms with Crippen LogP contribution in [0.5, 0.6) is 0 Å². The lowest BCUT2D eigenvalue weighted by molar-refractivity contribution is -0.124. The molecule has 0 aromatic heterocycles. The zero-order chi connectivity index (χ0) is 16.9. The quantitative estimate of drug-likeness (QED) is 0.696. The first-order valence-corrected chi connectivity index (χ1v) is 9.54. The second kappa shape index (κ2) is 11.3. The first-order chi connectivity index (χ1) is 11.6.